The zero-order valence-electron chi connectivity index (χ0n) is 16.4. The minimum absolute atomic E-state index is 0.0192. The van der Waals surface area contributed by atoms with E-state index in [0.717, 1.165) is 11.3 Å². The highest BCUT2D eigenvalue weighted by atomic mass is 35.5. The van der Waals surface area contributed by atoms with Crippen LogP contribution in [0.2, 0.25) is 5.02 Å². The number of carbonyl (C=O) groups is 2. The zero-order valence-corrected chi connectivity index (χ0v) is 17.9. The van der Waals surface area contributed by atoms with Crippen LogP contribution in [-0.2, 0) is 21.9 Å². The number of hydrogen-bond donors (Lipinski definition) is 1. The summed E-state index contributed by atoms with van der Waals surface area (Å²) in [7, 11) is 0. The Morgan fingerprint density at radius 2 is 1.75 bits per heavy atom. The molecule has 0 unspecified atom stereocenters. The first-order valence-electron chi connectivity index (χ1n) is 9.44. The van der Waals surface area contributed by atoms with E-state index in [1.807, 2.05) is 37.3 Å². The van der Waals surface area contributed by atoms with Crippen molar-refractivity contribution in [2.45, 2.75) is 38.6 Å². The first-order chi connectivity index (χ1) is 13.5. The van der Waals surface area contributed by atoms with Crippen molar-refractivity contribution in [2.24, 2.45) is 0 Å². The van der Waals surface area contributed by atoms with Crippen molar-refractivity contribution in [1.29, 1.82) is 0 Å². The second-order valence-corrected chi connectivity index (χ2v) is 8.05. The molecule has 0 aliphatic carbocycles. The Hall–Kier alpha value is -1.98. The van der Waals surface area contributed by atoms with E-state index in [0.29, 0.717) is 30.3 Å². The molecule has 1 N–H and O–H groups in total. The largest absolute Gasteiger partial charge is 0.355 e. The van der Waals surface area contributed by atoms with Gasteiger partial charge in [0.25, 0.3) is 0 Å². The molecule has 0 aliphatic heterocycles. The third kappa shape index (κ3) is 7.21. The van der Waals surface area contributed by atoms with Crippen molar-refractivity contribution in [3.05, 3.63) is 70.7 Å². The molecule has 4 nitrogen and oxygen atoms in total. The average Bonchev–Trinajstić information content (AvgIpc) is 2.71. The lowest BCUT2D eigenvalue weighted by atomic mass is 10.1. The first kappa shape index (κ1) is 22.3. The molecule has 2 rings (SSSR count). The molecule has 2 aromatic carbocycles. The Balaban J connectivity index is 1.96. The molecule has 0 saturated heterocycles. The number of likely N-dealkylation sites (N-methyl/N-ethyl adjacent to an activating group) is 1. The number of nitrogens with zero attached hydrogens (tertiary/aromatic N) is 1. The van der Waals surface area contributed by atoms with E-state index < -0.39 is 6.04 Å². The number of nitrogens with one attached hydrogen (secondary N) is 1. The van der Waals surface area contributed by atoms with Crippen molar-refractivity contribution in [3.8, 4) is 0 Å². The van der Waals surface area contributed by atoms with Crippen LogP contribution in [0.1, 0.15) is 31.4 Å². The number of halogens is 1. The topological polar surface area (TPSA) is 49.4 Å². The maximum atomic E-state index is 12.9. The summed E-state index contributed by atoms with van der Waals surface area (Å²) in [4.78, 5) is 26.8. The molecular formula is C22H27ClN2O2S. The first-order valence-corrected chi connectivity index (χ1v) is 11.0. The van der Waals surface area contributed by atoms with Gasteiger partial charge in [0.05, 0.1) is 0 Å². The average molecular weight is 419 g/mol. The molecule has 0 fully saturated rings. The van der Waals surface area contributed by atoms with Gasteiger partial charge in [-0.2, -0.15) is 11.8 Å². The number of benzene rings is 2. The summed E-state index contributed by atoms with van der Waals surface area (Å²) in [5.41, 5.74) is 2.19. The van der Waals surface area contributed by atoms with Crippen LogP contribution in [0.25, 0.3) is 0 Å². The summed E-state index contributed by atoms with van der Waals surface area (Å²) in [5.74, 6) is 1.43. The summed E-state index contributed by atoms with van der Waals surface area (Å²) in [6.07, 6.45) is 0.398. The molecule has 28 heavy (non-hydrogen) atoms. The highest BCUT2D eigenvalue weighted by Crippen LogP contribution is 2.17. The maximum absolute atomic E-state index is 12.9. The quantitative estimate of drug-likeness (QED) is 0.577. The van der Waals surface area contributed by atoms with E-state index in [1.165, 1.54) is 5.56 Å². The number of carbonyl (C=O) groups excluding carboxylic acids is 2. The second kappa shape index (κ2) is 11.8. The summed E-state index contributed by atoms with van der Waals surface area (Å²) >= 11 is 7.68. The van der Waals surface area contributed by atoms with E-state index >= 15 is 0 Å². The monoisotopic (exact) mass is 418 g/mol. The summed E-state index contributed by atoms with van der Waals surface area (Å²) in [5, 5.41) is 3.45. The standard InChI is InChI=1S/C22H27ClN2O2S/c1-3-24-22(27)17(2)25(15-18-9-11-20(23)12-10-18)21(26)13-14-28-16-19-7-5-4-6-8-19/h4-12,17H,3,13-16H2,1-2H3,(H,24,27)/t17-/m0/s1. The summed E-state index contributed by atoms with van der Waals surface area (Å²) in [6.45, 7) is 4.57. The molecule has 0 spiro atoms. The molecular weight excluding hydrogens is 392 g/mol. The molecule has 6 heteroatoms. The predicted octanol–water partition coefficient (Wildman–Crippen LogP) is 4.52. The smallest absolute Gasteiger partial charge is 0.242 e. The Morgan fingerprint density at radius 1 is 1.07 bits per heavy atom. The molecule has 0 heterocycles. The van der Waals surface area contributed by atoms with E-state index in [9.17, 15) is 9.59 Å². The van der Waals surface area contributed by atoms with Gasteiger partial charge in [-0.1, -0.05) is 54.1 Å². The fourth-order valence-electron chi connectivity index (χ4n) is 2.76. The van der Waals surface area contributed by atoms with Gasteiger partial charge >= 0.3 is 0 Å². The normalized spacial score (nSPS) is 11.7. The number of amides is 2. The van der Waals surface area contributed by atoms with Crippen LogP contribution in [-0.4, -0.2) is 35.1 Å². The van der Waals surface area contributed by atoms with Crippen LogP contribution in [0.3, 0.4) is 0 Å². The number of rotatable bonds is 10. The van der Waals surface area contributed by atoms with E-state index in [2.05, 4.69) is 17.4 Å². The van der Waals surface area contributed by atoms with Crippen LogP contribution in [0.4, 0.5) is 0 Å². The van der Waals surface area contributed by atoms with Crippen LogP contribution in [0.15, 0.2) is 54.6 Å². The summed E-state index contributed by atoms with van der Waals surface area (Å²) in [6, 6.07) is 17.0. The van der Waals surface area contributed by atoms with Gasteiger partial charge in [0.15, 0.2) is 0 Å². The van der Waals surface area contributed by atoms with Gasteiger partial charge in [0.2, 0.25) is 11.8 Å². The molecule has 2 aromatic rings. The van der Waals surface area contributed by atoms with Gasteiger partial charge in [-0.3, -0.25) is 9.59 Å². The Labute approximate surface area is 176 Å². The highest BCUT2D eigenvalue weighted by molar-refractivity contribution is 7.98. The second-order valence-electron chi connectivity index (χ2n) is 6.51. The Kier molecular flexibility index (Phi) is 9.38. The SMILES string of the molecule is CCNC(=O)[C@H](C)N(Cc1ccc(Cl)cc1)C(=O)CCSCc1ccccc1. The van der Waals surface area contributed by atoms with Gasteiger partial charge in [-0.15, -0.1) is 0 Å². The molecule has 0 saturated carbocycles. The minimum Gasteiger partial charge on any atom is -0.355 e. The van der Waals surface area contributed by atoms with Crippen molar-refractivity contribution in [1.82, 2.24) is 10.2 Å². The molecule has 0 bridgehead atoms. The van der Waals surface area contributed by atoms with E-state index in [1.54, 1.807) is 35.7 Å². The molecule has 150 valence electrons. The lowest BCUT2D eigenvalue weighted by Gasteiger charge is -2.28. The maximum Gasteiger partial charge on any atom is 0.242 e. The fourth-order valence-corrected chi connectivity index (χ4v) is 3.78. The minimum atomic E-state index is -0.526. The fraction of sp³-hybridized carbons (Fsp3) is 0.364. The number of thioether (sulfide) groups is 1. The third-order valence-electron chi connectivity index (χ3n) is 4.36. The Morgan fingerprint density at radius 3 is 2.39 bits per heavy atom. The lowest BCUT2D eigenvalue weighted by molar-refractivity contribution is -0.140. The lowest BCUT2D eigenvalue weighted by Crippen LogP contribution is -2.47. The number of hydrogen-bond acceptors (Lipinski definition) is 3. The van der Waals surface area contributed by atoms with Gasteiger partial charge in [-0.05, 0) is 37.1 Å². The molecule has 0 aliphatic rings. The molecule has 0 radical (unpaired) electrons. The third-order valence-corrected chi connectivity index (χ3v) is 5.64. The van der Waals surface area contributed by atoms with Gasteiger partial charge < -0.3 is 10.2 Å². The van der Waals surface area contributed by atoms with Crippen molar-refractivity contribution in [2.75, 3.05) is 12.3 Å². The molecule has 0 aromatic heterocycles. The van der Waals surface area contributed by atoms with Crippen molar-refractivity contribution in [3.63, 3.8) is 0 Å². The molecule has 2 amide bonds. The van der Waals surface area contributed by atoms with Crippen LogP contribution in [0.5, 0.6) is 0 Å². The van der Waals surface area contributed by atoms with Crippen LogP contribution in [0, 0.1) is 0 Å². The predicted molar refractivity (Wildman–Crippen MR) is 117 cm³/mol. The van der Waals surface area contributed by atoms with Crippen LogP contribution >= 0.6 is 23.4 Å². The van der Waals surface area contributed by atoms with Crippen molar-refractivity contribution >= 4 is 35.2 Å². The van der Waals surface area contributed by atoms with Gasteiger partial charge in [0, 0.05) is 36.0 Å². The van der Waals surface area contributed by atoms with E-state index in [4.69, 9.17) is 11.6 Å². The van der Waals surface area contributed by atoms with Crippen molar-refractivity contribution < 1.29 is 9.59 Å². The van der Waals surface area contributed by atoms with E-state index in [-0.39, 0.29) is 11.8 Å². The van der Waals surface area contributed by atoms with Gasteiger partial charge in [0.1, 0.15) is 6.04 Å². The zero-order chi connectivity index (χ0) is 20.4. The summed E-state index contributed by atoms with van der Waals surface area (Å²) < 4.78 is 0. The Bertz CT molecular complexity index is 753. The molecule has 1 atom stereocenters. The van der Waals surface area contributed by atoms with Crippen LogP contribution < -0.4 is 5.32 Å². The highest BCUT2D eigenvalue weighted by Gasteiger charge is 2.25. The van der Waals surface area contributed by atoms with Gasteiger partial charge in [-0.25, -0.2) is 0 Å².